The highest BCUT2D eigenvalue weighted by Gasteiger charge is 2.14. The third-order valence-electron chi connectivity index (χ3n) is 3.42. The van der Waals surface area contributed by atoms with Gasteiger partial charge in [-0.2, -0.15) is 0 Å². The van der Waals surface area contributed by atoms with E-state index < -0.39 is 0 Å². The number of aryl methyl sites for hydroxylation is 1. The Hall–Kier alpha value is -2.20. The van der Waals surface area contributed by atoms with Gasteiger partial charge in [0.15, 0.2) is 5.78 Å². The molecule has 0 aliphatic heterocycles. The molecule has 0 saturated carbocycles. The highest BCUT2D eigenvalue weighted by atomic mass is 35.5. The van der Waals surface area contributed by atoms with Crippen LogP contribution in [-0.4, -0.2) is 20.3 Å². The molecule has 21 heavy (non-hydrogen) atoms. The molecule has 2 aromatic heterocycles. The van der Waals surface area contributed by atoms with E-state index in [4.69, 9.17) is 11.6 Å². The van der Waals surface area contributed by atoms with Crippen LogP contribution in [0.5, 0.6) is 0 Å². The van der Waals surface area contributed by atoms with Crippen LogP contribution in [0, 0.1) is 0 Å². The normalized spacial score (nSPS) is 11.0. The number of para-hydroxylation sites is 2. The largest absolute Gasteiger partial charge is 0.328 e. The predicted molar refractivity (Wildman–Crippen MR) is 82.7 cm³/mol. The number of imidazole rings is 1. The predicted octanol–water partition coefficient (Wildman–Crippen LogP) is 3.53. The van der Waals surface area contributed by atoms with Gasteiger partial charge in [0.2, 0.25) is 0 Å². The third kappa shape index (κ3) is 2.67. The number of halogens is 1. The van der Waals surface area contributed by atoms with Gasteiger partial charge in [0.25, 0.3) is 0 Å². The minimum Gasteiger partial charge on any atom is -0.328 e. The number of fused-ring (bicyclic) bond motifs is 1. The van der Waals surface area contributed by atoms with Crippen LogP contribution in [-0.2, 0) is 13.0 Å². The van der Waals surface area contributed by atoms with Crippen LogP contribution >= 0.6 is 11.6 Å². The molecule has 0 aliphatic rings. The first kappa shape index (κ1) is 13.8. The highest BCUT2D eigenvalue weighted by Crippen LogP contribution is 2.17. The molecular weight excluding hydrogens is 286 g/mol. The highest BCUT2D eigenvalue weighted by molar-refractivity contribution is 6.29. The first-order chi connectivity index (χ1) is 10.2. The minimum atomic E-state index is -0.0100. The molecule has 0 atom stereocenters. The molecule has 3 aromatic rings. The molecule has 5 heteroatoms. The molecule has 2 heterocycles. The van der Waals surface area contributed by atoms with E-state index >= 15 is 0 Å². The summed E-state index contributed by atoms with van der Waals surface area (Å²) in [4.78, 5) is 20.8. The number of hydrogen-bond acceptors (Lipinski definition) is 3. The van der Waals surface area contributed by atoms with Crippen molar-refractivity contribution in [2.75, 3.05) is 0 Å². The molecule has 106 valence electrons. The summed E-state index contributed by atoms with van der Waals surface area (Å²) in [7, 11) is 0. The second-order valence-electron chi connectivity index (χ2n) is 4.73. The lowest BCUT2D eigenvalue weighted by Crippen LogP contribution is -2.10. The third-order valence-corrected chi connectivity index (χ3v) is 3.64. The standard InChI is InChI=1S/C16H14ClN3O/c1-2-20-13-6-4-3-5-12(13)19-16(20)9-14(21)11-7-8-15(17)18-10-11/h3-8,10H,2,9H2,1H3. The lowest BCUT2D eigenvalue weighted by atomic mass is 10.1. The summed E-state index contributed by atoms with van der Waals surface area (Å²) in [6, 6.07) is 11.2. The Balaban J connectivity index is 1.94. The van der Waals surface area contributed by atoms with Gasteiger partial charge in [0.1, 0.15) is 11.0 Å². The fraction of sp³-hybridized carbons (Fsp3) is 0.188. The van der Waals surface area contributed by atoms with Crippen LogP contribution in [0.4, 0.5) is 0 Å². The average molecular weight is 300 g/mol. The number of benzene rings is 1. The van der Waals surface area contributed by atoms with Crippen molar-refractivity contribution in [2.45, 2.75) is 19.9 Å². The van der Waals surface area contributed by atoms with Gasteiger partial charge in [0.05, 0.1) is 17.5 Å². The van der Waals surface area contributed by atoms with Crippen molar-refractivity contribution in [1.29, 1.82) is 0 Å². The maximum atomic E-state index is 12.3. The van der Waals surface area contributed by atoms with Gasteiger partial charge in [-0.3, -0.25) is 4.79 Å². The maximum absolute atomic E-state index is 12.3. The van der Waals surface area contributed by atoms with Crippen molar-refractivity contribution < 1.29 is 4.79 Å². The summed E-state index contributed by atoms with van der Waals surface area (Å²) in [5.74, 6) is 0.767. The number of rotatable bonds is 4. The van der Waals surface area contributed by atoms with E-state index in [1.54, 1.807) is 12.1 Å². The van der Waals surface area contributed by atoms with Crippen molar-refractivity contribution in [3.8, 4) is 0 Å². The zero-order chi connectivity index (χ0) is 14.8. The fourth-order valence-corrected chi connectivity index (χ4v) is 2.51. The Bertz CT molecular complexity index is 793. The number of nitrogens with zero attached hydrogens (tertiary/aromatic N) is 3. The molecule has 0 unspecified atom stereocenters. The number of pyridine rings is 1. The van der Waals surface area contributed by atoms with Gasteiger partial charge < -0.3 is 4.57 Å². The van der Waals surface area contributed by atoms with Gasteiger partial charge in [-0.25, -0.2) is 9.97 Å². The number of carbonyl (C=O) groups excluding carboxylic acids is 1. The van der Waals surface area contributed by atoms with E-state index in [9.17, 15) is 4.79 Å². The summed E-state index contributed by atoms with van der Waals surface area (Å²) >= 11 is 5.74. The van der Waals surface area contributed by atoms with Crippen LogP contribution < -0.4 is 0 Å². The van der Waals surface area contributed by atoms with E-state index in [2.05, 4.69) is 14.5 Å². The Kier molecular flexibility index (Phi) is 3.71. The summed E-state index contributed by atoms with van der Waals surface area (Å²) in [6.07, 6.45) is 1.76. The zero-order valence-electron chi connectivity index (χ0n) is 11.6. The van der Waals surface area contributed by atoms with Crippen LogP contribution in [0.25, 0.3) is 11.0 Å². The average Bonchev–Trinajstić information content (AvgIpc) is 2.84. The number of hydrogen-bond donors (Lipinski definition) is 0. The second-order valence-corrected chi connectivity index (χ2v) is 5.12. The summed E-state index contributed by atoms with van der Waals surface area (Å²) in [5, 5.41) is 0.382. The smallest absolute Gasteiger partial charge is 0.171 e. The SMILES string of the molecule is CCn1c(CC(=O)c2ccc(Cl)nc2)nc2ccccc21. The van der Waals surface area contributed by atoms with Gasteiger partial charge in [0, 0.05) is 18.3 Å². The van der Waals surface area contributed by atoms with Crippen molar-refractivity contribution in [3.63, 3.8) is 0 Å². The van der Waals surface area contributed by atoms with Gasteiger partial charge >= 0.3 is 0 Å². The molecule has 0 fully saturated rings. The molecule has 0 amide bonds. The summed E-state index contributed by atoms with van der Waals surface area (Å²) in [5.41, 5.74) is 2.52. The molecule has 1 aromatic carbocycles. The first-order valence-electron chi connectivity index (χ1n) is 6.78. The molecule has 0 spiro atoms. The van der Waals surface area contributed by atoms with Crippen molar-refractivity contribution >= 4 is 28.4 Å². The zero-order valence-corrected chi connectivity index (χ0v) is 12.3. The molecule has 0 bridgehead atoms. The van der Waals surface area contributed by atoms with E-state index in [1.165, 1.54) is 6.20 Å². The molecule has 0 N–H and O–H groups in total. The Morgan fingerprint density at radius 1 is 1.24 bits per heavy atom. The van der Waals surface area contributed by atoms with E-state index in [1.807, 2.05) is 31.2 Å². The summed E-state index contributed by atoms with van der Waals surface area (Å²) < 4.78 is 2.07. The molecule has 0 radical (unpaired) electrons. The van der Waals surface area contributed by atoms with Gasteiger partial charge in [-0.05, 0) is 31.2 Å². The Morgan fingerprint density at radius 2 is 2.05 bits per heavy atom. The van der Waals surface area contributed by atoms with Crippen LogP contribution in [0.2, 0.25) is 5.15 Å². The van der Waals surface area contributed by atoms with E-state index in [0.717, 1.165) is 23.4 Å². The molecule has 0 saturated heterocycles. The number of Topliss-reactive ketones (excluding diaryl/α,β-unsaturated/α-hetero) is 1. The summed E-state index contributed by atoms with van der Waals surface area (Å²) in [6.45, 7) is 2.83. The Labute approximate surface area is 127 Å². The molecule has 0 aliphatic carbocycles. The molecule has 4 nitrogen and oxygen atoms in total. The topological polar surface area (TPSA) is 47.8 Å². The lowest BCUT2D eigenvalue weighted by molar-refractivity contribution is 0.0989. The van der Waals surface area contributed by atoms with Crippen molar-refractivity contribution in [1.82, 2.24) is 14.5 Å². The van der Waals surface area contributed by atoms with Crippen LogP contribution in [0.15, 0.2) is 42.6 Å². The minimum absolute atomic E-state index is 0.0100. The van der Waals surface area contributed by atoms with Gasteiger partial charge in [-0.15, -0.1) is 0 Å². The Morgan fingerprint density at radius 3 is 2.76 bits per heavy atom. The molecular formula is C16H14ClN3O. The quantitative estimate of drug-likeness (QED) is 0.547. The maximum Gasteiger partial charge on any atom is 0.171 e. The van der Waals surface area contributed by atoms with Crippen LogP contribution in [0.3, 0.4) is 0 Å². The second kappa shape index (κ2) is 5.66. The van der Waals surface area contributed by atoms with E-state index in [0.29, 0.717) is 10.7 Å². The first-order valence-corrected chi connectivity index (χ1v) is 7.15. The number of carbonyl (C=O) groups is 1. The molecule has 3 rings (SSSR count). The van der Waals surface area contributed by atoms with Crippen LogP contribution in [0.1, 0.15) is 23.1 Å². The fourth-order valence-electron chi connectivity index (χ4n) is 2.40. The lowest BCUT2D eigenvalue weighted by Gasteiger charge is -2.05. The van der Waals surface area contributed by atoms with E-state index in [-0.39, 0.29) is 12.2 Å². The monoisotopic (exact) mass is 299 g/mol. The number of aromatic nitrogens is 3. The van der Waals surface area contributed by atoms with Crippen molar-refractivity contribution in [3.05, 3.63) is 59.1 Å². The van der Waals surface area contributed by atoms with Gasteiger partial charge in [-0.1, -0.05) is 23.7 Å². The number of ketones is 1. The van der Waals surface area contributed by atoms with Crippen molar-refractivity contribution in [2.24, 2.45) is 0 Å².